The fraction of sp³-hybridized carbons (Fsp3) is 0.333. The van der Waals surface area contributed by atoms with Gasteiger partial charge in [-0.3, -0.25) is 9.71 Å². The molecule has 37 heavy (non-hydrogen) atoms. The number of aromatic nitrogens is 4. The normalized spacial score (nSPS) is 11.8. The van der Waals surface area contributed by atoms with Crippen LogP contribution >= 0.6 is 0 Å². The van der Waals surface area contributed by atoms with Crippen LogP contribution in [0.15, 0.2) is 66.1 Å². The van der Waals surface area contributed by atoms with Crippen LogP contribution in [0.2, 0.25) is 0 Å². The Morgan fingerprint density at radius 3 is 2.35 bits per heavy atom. The van der Waals surface area contributed by atoms with E-state index in [1.54, 1.807) is 37.6 Å². The summed E-state index contributed by atoms with van der Waals surface area (Å²) in [5, 5.41) is 1.51. The second-order valence-electron chi connectivity index (χ2n) is 9.66. The number of rotatable bonds is 10. The smallest absolute Gasteiger partial charge is 0.263 e. The van der Waals surface area contributed by atoms with Crippen LogP contribution in [0.25, 0.3) is 22.0 Å². The SMILES string of the molecule is COc1nc(N(CC(C)C)CC(C)C)ccc1-c1nccc2cc(S(=O)(=O)Nc3ccncn3)ccc12. The average Bonchev–Trinajstić information content (AvgIpc) is 2.87. The van der Waals surface area contributed by atoms with Crippen molar-refractivity contribution in [1.29, 1.82) is 0 Å². The van der Waals surface area contributed by atoms with Crippen LogP contribution in [0.4, 0.5) is 11.6 Å². The first kappa shape index (κ1) is 26.3. The van der Waals surface area contributed by atoms with Crippen LogP contribution < -0.4 is 14.4 Å². The quantitative estimate of drug-likeness (QED) is 0.311. The number of benzene rings is 1. The summed E-state index contributed by atoms with van der Waals surface area (Å²) in [7, 11) is -2.24. The molecule has 0 aliphatic heterocycles. The number of sulfonamides is 1. The lowest BCUT2D eigenvalue weighted by molar-refractivity contribution is 0.399. The number of hydrogen-bond acceptors (Lipinski definition) is 8. The summed E-state index contributed by atoms with van der Waals surface area (Å²) in [5.41, 5.74) is 1.40. The lowest BCUT2D eigenvalue weighted by Gasteiger charge is -2.28. The predicted octanol–water partition coefficient (Wildman–Crippen LogP) is 5.01. The molecule has 0 spiro atoms. The minimum Gasteiger partial charge on any atom is -0.480 e. The zero-order chi connectivity index (χ0) is 26.6. The van der Waals surface area contributed by atoms with Gasteiger partial charge in [-0.1, -0.05) is 33.8 Å². The highest BCUT2D eigenvalue weighted by Crippen LogP contribution is 2.35. The highest BCUT2D eigenvalue weighted by atomic mass is 32.2. The van der Waals surface area contributed by atoms with Crippen LogP contribution in [0.3, 0.4) is 0 Å². The number of pyridine rings is 2. The third-order valence-corrected chi connectivity index (χ3v) is 7.01. The van der Waals surface area contributed by atoms with Gasteiger partial charge in [-0.25, -0.2) is 18.4 Å². The maximum Gasteiger partial charge on any atom is 0.263 e. The van der Waals surface area contributed by atoms with Crippen molar-refractivity contribution >= 4 is 32.4 Å². The van der Waals surface area contributed by atoms with Gasteiger partial charge >= 0.3 is 0 Å². The van der Waals surface area contributed by atoms with Crippen molar-refractivity contribution in [2.45, 2.75) is 32.6 Å². The highest BCUT2D eigenvalue weighted by molar-refractivity contribution is 7.92. The molecule has 10 heteroatoms. The molecule has 4 aromatic rings. The molecule has 3 heterocycles. The van der Waals surface area contributed by atoms with Crippen molar-refractivity contribution < 1.29 is 13.2 Å². The zero-order valence-corrected chi connectivity index (χ0v) is 22.5. The summed E-state index contributed by atoms with van der Waals surface area (Å²) in [6, 6.07) is 12.2. The zero-order valence-electron chi connectivity index (χ0n) is 21.7. The first-order chi connectivity index (χ1) is 17.7. The van der Waals surface area contributed by atoms with Crippen molar-refractivity contribution in [3.8, 4) is 17.1 Å². The molecule has 0 aliphatic carbocycles. The van der Waals surface area contributed by atoms with Crippen LogP contribution in [0, 0.1) is 11.8 Å². The van der Waals surface area contributed by atoms with E-state index in [1.807, 2.05) is 12.1 Å². The Labute approximate surface area is 218 Å². The molecule has 0 aliphatic rings. The van der Waals surface area contributed by atoms with E-state index in [2.05, 4.69) is 52.3 Å². The Bertz CT molecular complexity index is 1470. The van der Waals surface area contributed by atoms with Crippen LogP contribution in [0.1, 0.15) is 27.7 Å². The molecule has 0 atom stereocenters. The van der Waals surface area contributed by atoms with E-state index in [9.17, 15) is 8.42 Å². The van der Waals surface area contributed by atoms with E-state index in [0.717, 1.165) is 35.2 Å². The third-order valence-electron chi connectivity index (χ3n) is 5.66. The fourth-order valence-electron chi connectivity index (χ4n) is 4.17. The maximum atomic E-state index is 12.9. The molecule has 9 nitrogen and oxygen atoms in total. The lowest BCUT2D eigenvalue weighted by atomic mass is 10.0. The Morgan fingerprint density at radius 1 is 0.946 bits per heavy atom. The van der Waals surface area contributed by atoms with Gasteiger partial charge in [0.15, 0.2) is 0 Å². The van der Waals surface area contributed by atoms with Gasteiger partial charge in [-0.2, -0.15) is 4.98 Å². The standard InChI is InChI=1S/C27H32N6O3S/c1-18(2)15-33(16-19(3)4)25-9-8-23(27(31-25)36-5)26-22-7-6-21(14-20(22)10-13-29-26)37(34,35)32-24-11-12-28-17-30-24/h6-14,17-19H,15-16H2,1-5H3,(H,28,30,32). The van der Waals surface area contributed by atoms with Gasteiger partial charge in [0.1, 0.15) is 18.0 Å². The van der Waals surface area contributed by atoms with E-state index < -0.39 is 10.0 Å². The molecule has 0 bridgehead atoms. The summed E-state index contributed by atoms with van der Waals surface area (Å²) in [4.78, 5) is 19.6. The molecular formula is C27H32N6O3S. The molecule has 1 aromatic carbocycles. The van der Waals surface area contributed by atoms with Gasteiger partial charge in [0.05, 0.1) is 23.3 Å². The molecule has 0 saturated carbocycles. The van der Waals surface area contributed by atoms with E-state index in [1.165, 1.54) is 18.6 Å². The fourth-order valence-corrected chi connectivity index (χ4v) is 5.21. The molecule has 0 unspecified atom stereocenters. The van der Waals surface area contributed by atoms with Crippen molar-refractivity contribution in [3.05, 3.63) is 61.2 Å². The number of methoxy groups -OCH3 is 1. The van der Waals surface area contributed by atoms with Crippen molar-refractivity contribution in [1.82, 2.24) is 19.9 Å². The molecule has 3 aromatic heterocycles. The summed E-state index contributed by atoms with van der Waals surface area (Å²) in [6.07, 6.45) is 4.41. The van der Waals surface area contributed by atoms with Crippen LogP contribution in [0.5, 0.6) is 5.88 Å². The summed E-state index contributed by atoms with van der Waals surface area (Å²) < 4.78 is 34.0. The summed E-state index contributed by atoms with van der Waals surface area (Å²) >= 11 is 0. The second-order valence-corrected chi connectivity index (χ2v) is 11.3. The predicted molar refractivity (Wildman–Crippen MR) is 146 cm³/mol. The Kier molecular flexibility index (Phi) is 7.87. The topological polar surface area (TPSA) is 110 Å². The van der Waals surface area contributed by atoms with Gasteiger partial charge in [0.25, 0.3) is 10.0 Å². The lowest BCUT2D eigenvalue weighted by Crippen LogP contribution is -2.32. The summed E-state index contributed by atoms with van der Waals surface area (Å²) in [6.45, 7) is 10.5. The molecule has 194 valence electrons. The minimum atomic E-state index is -3.83. The Morgan fingerprint density at radius 2 is 1.70 bits per heavy atom. The van der Waals surface area contributed by atoms with E-state index in [-0.39, 0.29) is 10.7 Å². The number of fused-ring (bicyclic) bond motifs is 1. The van der Waals surface area contributed by atoms with Crippen molar-refractivity contribution in [2.24, 2.45) is 11.8 Å². The van der Waals surface area contributed by atoms with Crippen molar-refractivity contribution in [3.63, 3.8) is 0 Å². The molecule has 1 N–H and O–H groups in total. The van der Waals surface area contributed by atoms with Gasteiger partial charge in [-0.05, 0) is 53.6 Å². The van der Waals surface area contributed by atoms with Gasteiger partial charge < -0.3 is 9.64 Å². The highest BCUT2D eigenvalue weighted by Gasteiger charge is 2.20. The van der Waals surface area contributed by atoms with Crippen molar-refractivity contribution in [2.75, 3.05) is 29.8 Å². The number of nitrogens with one attached hydrogen (secondary N) is 1. The molecule has 0 saturated heterocycles. The maximum absolute atomic E-state index is 12.9. The molecule has 0 radical (unpaired) electrons. The molecule has 0 fully saturated rings. The third kappa shape index (κ3) is 6.14. The first-order valence-corrected chi connectivity index (χ1v) is 13.6. The van der Waals surface area contributed by atoms with Gasteiger partial charge in [0, 0.05) is 30.9 Å². The van der Waals surface area contributed by atoms with Gasteiger partial charge in [0.2, 0.25) is 5.88 Å². The van der Waals surface area contributed by atoms with Crippen LogP contribution in [-0.2, 0) is 10.0 Å². The molecule has 4 rings (SSSR count). The largest absolute Gasteiger partial charge is 0.480 e. The minimum absolute atomic E-state index is 0.120. The molecule has 0 amide bonds. The Hall–Kier alpha value is -3.79. The number of anilines is 2. The number of nitrogens with zero attached hydrogens (tertiary/aromatic N) is 5. The van der Waals surface area contributed by atoms with E-state index in [0.29, 0.717) is 23.4 Å². The average molecular weight is 521 g/mol. The number of ether oxygens (including phenoxy) is 1. The van der Waals surface area contributed by atoms with E-state index in [4.69, 9.17) is 9.72 Å². The van der Waals surface area contributed by atoms with E-state index >= 15 is 0 Å². The van der Waals surface area contributed by atoms with Gasteiger partial charge in [-0.15, -0.1) is 0 Å². The second kappa shape index (κ2) is 11.1. The monoisotopic (exact) mass is 520 g/mol. The number of hydrogen-bond donors (Lipinski definition) is 1. The summed E-state index contributed by atoms with van der Waals surface area (Å²) in [5.74, 6) is 2.50. The molecular weight excluding hydrogens is 488 g/mol. The Balaban J connectivity index is 1.72. The first-order valence-electron chi connectivity index (χ1n) is 12.2. The van der Waals surface area contributed by atoms with Crippen LogP contribution in [-0.4, -0.2) is 48.6 Å².